The number of carbonyl (C=O) groups excluding carboxylic acids is 1. The third kappa shape index (κ3) is 3.25. The van der Waals surface area contributed by atoms with E-state index in [1.807, 2.05) is 55.5 Å². The highest BCUT2D eigenvalue weighted by Gasteiger charge is 2.37. The quantitative estimate of drug-likeness (QED) is 0.271. The molecule has 4 rings (SSSR count). The lowest BCUT2D eigenvalue weighted by atomic mass is 9.80. The van der Waals surface area contributed by atoms with E-state index in [1.165, 1.54) is 0 Å². The maximum absolute atomic E-state index is 13.0. The molecule has 0 saturated carbocycles. The summed E-state index contributed by atoms with van der Waals surface area (Å²) >= 11 is 6.37. The molecule has 1 aliphatic rings. The van der Waals surface area contributed by atoms with E-state index in [-0.39, 0.29) is 0 Å². The van der Waals surface area contributed by atoms with Crippen molar-refractivity contribution in [2.24, 2.45) is 11.8 Å². The zero-order valence-corrected chi connectivity index (χ0v) is 16.1. The summed E-state index contributed by atoms with van der Waals surface area (Å²) in [5.74, 6) is -2.55. The molecule has 0 saturated heterocycles. The van der Waals surface area contributed by atoms with Crippen LogP contribution in [-0.4, -0.2) is 17.0 Å². The molecule has 0 heterocycles. The monoisotopic (exact) mass is 394 g/mol. The van der Waals surface area contributed by atoms with Gasteiger partial charge in [-0.05, 0) is 37.3 Å². The Morgan fingerprint density at radius 1 is 1.04 bits per heavy atom. The van der Waals surface area contributed by atoms with Gasteiger partial charge in [-0.3, -0.25) is 9.59 Å². The van der Waals surface area contributed by atoms with Gasteiger partial charge in [-0.15, -0.1) is 0 Å². The molecule has 0 bridgehead atoms. The second-order valence-corrected chi connectivity index (χ2v) is 7.63. The minimum Gasteiger partial charge on any atom is -0.481 e. The lowest BCUT2D eigenvalue weighted by molar-refractivity contribution is -0.152. The molecular weight excluding hydrogens is 376 g/mol. The average Bonchev–Trinajstić information content (AvgIpc) is 2.68. The van der Waals surface area contributed by atoms with E-state index in [1.54, 1.807) is 6.07 Å². The summed E-state index contributed by atoms with van der Waals surface area (Å²) in [4.78, 5) is 24.7. The number of ether oxygens (including phenoxy) is 1. The molecule has 3 aromatic rings. The van der Waals surface area contributed by atoms with Crippen LogP contribution in [0.1, 0.15) is 19.8 Å². The summed E-state index contributed by atoms with van der Waals surface area (Å²) in [7, 11) is 0. The fourth-order valence-corrected chi connectivity index (χ4v) is 4.11. The van der Waals surface area contributed by atoms with Crippen molar-refractivity contribution in [3.05, 3.63) is 65.2 Å². The Bertz CT molecular complexity index is 1130. The normalized spacial score (nSPS) is 19.4. The number of allylic oxidation sites excluding steroid dienone is 2. The van der Waals surface area contributed by atoms with Crippen molar-refractivity contribution in [3.8, 4) is 5.75 Å². The summed E-state index contributed by atoms with van der Waals surface area (Å²) in [5, 5.41) is 13.4. The van der Waals surface area contributed by atoms with Gasteiger partial charge in [0.2, 0.25) is 0 Å². The lowest BCUT2D eigenvalue weighted by Crippen LogP contribution is -2.34. The molecule has 28 heavy (non-hydrogen) atoms. The first-order valence-electron chi connectivity index (χ1n) is 9.16. The van der Waals surface area contributed by atoms with Crippen LogP contribution in [0, 0.1) is 11.8 Å². The van der Waals surface area contributed by atoms with Crippen molar-refractivity contribution in [2.75, 3.05) is 0 Å². The number of hydrogen-bond acceptors (Lipinski definition) is 3. The topological polar surface area (TPSA) is 63.6 Å². The third-order valence-electron chi connectivity index (χ3n) is 5.37. The second-order valence-electron chi connectivity index (χ2n) is 7.22. The molecule has 4 nitrogen and oxygen atoms in total. The molecule has 0 radical (unpaired) electrons. The van der Waals surface area contributed by atoms with Crippen molar-refractivity contribution in [1.29, 1.82) is 0 Å². The molecule has 0 spiro atoms. The van der Waals surface area contributed by atoms with Crippen LogP contribution < -0.4 is 4.74 Å². The highest BCUT2D eigenvalue weighted by atomic mass is 35.5. The maximum atomic E-state index is 13.0. The van der Waals surface area contributed by atoms with Gasteiger partial charge in [-0.25, -0.2) is 0 Å². The van der Waals surface area contributed by atoms with E-state index in [2.05, 4.69) is 0 Å². The first-order chi connectivity index (χ1) is 13.5. The number of carboxylic acids is 1. The van der Waals surface area contributed by atoms with Crippen molar-refractivity contribution in [3.63, 3.8) is 0 Å². The van der Waals surface area contributed by atoms with Crippen LogP contribution in [-0.2, 0) is 9.59 Å². The standard InChI is InChI=1S/C23H19ClO4/c1-13-9-10-17(19(11-13)22(25)26)23(27)28-21-15-6-3-2-5-14(15)12-18-16(21)7-4-8-20(18)24/h2-9,12,17,19H,10-11H2,1H3,(H,25,26). The molecule has 142 valence electrons. The van der Waals surface area contributed by atoms with Gasteiger partial charge in [0, 0.05) is 21.2 Å². The molecule has 1 N–H and O–H groups in total. The van der Waals surface area contributed by atoms with Gasteiger partial charge in [-0.1, -0.05) is 59.6 Å². The van der Waals surface area contributed by atoms with E-state index in [4.69, 9.17) is 16.3 Å². The first kappa shape index (κ1) is 18.5. The van der Waals surface area contributed by atoms with E-state index < -0.39 is 23.8 Å². The number of halogens is 1. The molecule has 2 unspecified atom stereocenters. The van der Waals surface area contributed by atoms with Crippen LogP contribution in [0.4, 0.5) is 0 Å². The summed E-state index contributed by atoms with van der Waals surface area (Å²) in [6.07, 6.45) is 2.64. The molecular formula is C23H19ClO4. The van der Waals surface area contributed by atoms with Crippen LogP contribution in [0.3, 0.4) is 0 Å². The number of fused-ring (bicyclic) bond motifs is 2. The minimum atomic E-state index is -0.972. The number of hydrogen-bond donors (Lipinski definition) is 1. The Morgan fingerprint density at radius 3 is 2.57 bits per heavy atom. The van der Waals surface area contributed by atoms with Crippen molar-refractivity contribution < 1.29 is 19.4 Å². The Kier molecular flexibility index (Phi) is 4.82. The Balaban J connectivity index is 1.81. The minimum absolute atomic E-state index is 0.358. The first-order valence-corrected chi connectivity index (χ1v) is 9.53. The Hall–Kier alpha value is -2.85. The summed E-state index contributed by atoms with van der Waals surface area (Å²) in [5.41, 5.74) is 0.985. The van der Waals surface area contributed by atoms with Gasteiger partial charge < -0.3 is 9.84 Å². The molecule has 3 aromatic carbocycles. The average molecular weight is 395 g/mol. The molecule has 0 aromatic heterocycles. The van der Waals surface area contributed by atoms with Crippen LogP contribution in [0.25, 0.3) is 21.5 Å². The predicted molar refractivity (Wildman–Crippen MR) is 110 cm³/mol. The van der Waals surface area contributed by atoms with Crippen molar-refractivity contribution >= 4 is 45.1 Å². The zero-order chi connectivity index (χ0) is 19.8. The second kappa shape index (κ2) is 7.28. The number of carboxylic acid groups (broad SMARTS) is 1. The molecule has 5 heteroatoms. The van der Waals surface area contributed by atoms with Crippen LogP contribution in [0.5, 0.6) is 5.75 Å². The van der Waals surface area contributed by atoms with Crippen molar-refractivity contribution in [2.45, 2.75) is 19.8 Å². The van der Waals surface area contributed by atoms with Crippen LogP contribution >= 0.6 is 11.6 Å². The van der Waals surface area contributed by atoms with Gasteiger partial charge in [0.05, 0.1) is 11.8 Å². The van der Waals surface area contributed by atoms with Gasteiger partial charge in [0.1, 0.15) is 5.75 Å². The molecule has 1 aliphatic carbocycles. The number of benzene rings is 3. The van der Waals surface area contributed by atoms with Gasteiger partial charge >= 0.3 is 11.9 Å². The van der Waals surface area contributed by atoms with Crippen LogP contribution in [0.15, 0.2) is 60.2 Å². The molecule has 0 amide bonds. The highest BCUT2D eigenvalue weighted by molar-refractivity contribution is 6.36. The third-order valence-corrected chi connectivity index (χ3v) is 5.70. The SMILES string of the molecule is CC1=CCC(C(=O)Oc2c3ccccc3cc3c(Cl)cccc23)C(C(=O)O)C1. The molecule has 0 aliphatic heterocycles. The fraction of sp³-hybridized carbons (Fsp3) is 0.217. The van der Waals surface area contributed by atoms with E-state index in [0.717, 1.165) is 27.1 Å². The van der Waals surface area contributed by atoms with Crippen LogP contribution in [0.2, 0.25) is 5.02 Å². The van der Waals surface area contributed by atoms with Gasteiger partial charge in [0.15, 0.2) is 0 Å². The lowest BCUT2D eigenvalue weighted by Gasteiger charge is -2.26. The Labute approximate surface area is 167 Å². The summed E-state index contributed by atoms with van der Waals surface area (Å²) in [6, 6.07) is 15.0. The van der Waals surface area contributed by atoms with Gasteiger partial charge in [0.25, 0.3) is 0 Å². The van der Waals surface area contributed by atoms with Crippen molar-refractivity contribution in [1.82, 2.24) is 0 Å². The highest BCUT2D eigenvalue weighted by Crippen LogP contribution is 2.39. The predicted octanol–water partition coefficient (Wildman–Crippen LogP) is 5.61. The number of carbonyl (C=O) groups is 2. The summed E-state index contributed by atoms with van der Waals surface area (Å²) < 4.78 is 5.86. The van der Waals surface area contributed by atoms with Gasteiger partial charge in [-0.2, -0.15) is 0 Å². The zero-order valence-electron chi connectivity index (χ0n) is 15.3. The smallest absolute Gasteiger partial charge is 0.315 e. The Morgan fingerprint density at radius 2 is 1.79 bits per heavy atom. The van der Waals surface area contributed by atoms with E-state index >= 15 is 0 Å². The van der Waals surface area contributed by atoms with E-state index in [0.29, 0.717) is 23.6 Å². The summed E-state index contributed by atoms with van der Waals surface area (Å²) in [6.45, 7) is 1.89. The number of esters is 1. The molecule has 2 atom stereocenters. The number of rotatable bonds is 3. The molecule has 0 fully saturated rings. The number of aliphatic carboxylic acids is 1. The largest absolute Gasteiger partial charge is 0.481 e. The van der Waals surface area contributed by atoms with E-state index in [9.17, 15) is 14.7 Å². The fourth-order valence-electron chi connectivity index (χ4n) is 3.88. The maximum Gasteiger partial charge on any atom is 0.315 e.